The molecule has 1 unspecified atom stereocenters. The molecule has 1 fully saturated rings. The van der Waals surface area contributed by atoms with E-state index in [2.05, 4.69) is 6.08 Å². The molecule has 1 aliphatic carbocycles. The fraction of sp³-hybridized carbons (Fsp3) is 0.471. The van der Waals surface area contributed by atoms with E-state index < -0.39 is 11.9 Å². The Morgan fingerprint density at radius 3 is 2.45 bits per heavy atom. The van der Waals surface area contributed by atoms with E-state index in [1.807, 2.05) is 12.1 Å². The predicted molar refractivity (Wildman–Crippen MR) is 83.2 cm³/mol. The molecule has 20 heavy (non-hydrogen) atoms. The first-order valence-corrected chi connectivity index (χ1v) is 7.67. The van der Waals surface area contributed by atoms with Crippen molar-refractivity contribution < 1.29 is 9.90 Å². The fourth-order valence-corrected chi connectivity index (χ4v) is 2.86. The van der Waals surface area contributed by atoms with Crippen LogP contribution >= 0.6 is 11.6 Å². The van der Waals surface area contributed by atoms with Gasteiger partial charge in [0.05, 0.1) is 5.92 Å². The van der Waals surface area contributed by atoms with Crippen LogP contribution in [0.1, 0.15) is 62.5 Å². The molecule has 0 radical (unpaired) electrons. The second-order valence-corrected chi connectivity index (χ2v) is 5.96. The standard InChI is InChI=1S/C17H21ClO2/c1-12(17(19)20)14-8-9-15(16(18)11-14)10-13-6-4-2-3-5-7-13/h8-12H,2-7H2,1H3,(H,19,20). The first-order valence-electron chi connectivity index (χ1n) is 7.29. The van der Waals surface area contributed by atoms with Crippen molar-refractivity contribution in [3.8, 4) is 0 Å². The van der Waals surface area contributed by atoms with Gasteiger partial charge in [-0.15, -0.1) is 0 Å². The molecule has 0 heterocycles. The summed E-state index contributed by atoms with van der Waals surface area (Å²) in [4.78, 5) is 11.0. The second kappa shape index (κ2) is 6.94. The van der Waals surface area contributed by atoms with Crippen molar-refractivity contribution in [2.24, 2.45) is 0 Å². The summed E-state index contributed by atoms with van der Waals surface area (Å²) in [6, 6.07) is 5.59. The molecule has 2 rings (SSSR count). The highest BCUT2D eigenvalue weighted by Crippen LogP contribution is 2.28. The van der Waals surface area contributed by atoms with E-state index in [1.54, 1.807) is 13.0 Å². The van der Waals surface area contributed by atoms with Crippen molar-refractivity contribution in [1.82, 2.24) is 0 Å². The van der Waals surface area contributed by atoms with Crippen molar-refractivity contribution in [2.45, 2.75) is 51.4 Å². The molecule has 1 aromatic rings. The molecule has 0 saturated heterocycles. The van der Waals surface area contributed by atoms with Crippen LogP contribution in [0.15, 0.2) is 23.8 Å². The number of carboxylic acid groups (broad SMARTS) is 1. The Morgan fingerprint density at radius 2 is 1.90 bits per heavy atom. The Morgan fingerprint density at radius 1 is 1.25 bits per heavy atom. The van der Waals surface area contributed by atoms with Gasteiger partial charge < -0.3 is 5.11 Å². The second-order valence-electron chi connectivity index (χ2n) is 5.56. The quantitative estimate of drug-likeness (QED) is 0.771. The lowest BCUT2D eigenvalue weighted by Gasteiger charge is -2.09. The average Bonchev–Trinajstić information content (AvgIpc) is 2.68. The van der Waals surface area contributed by atoms with Crippen molar-refractivity contribution in [3.05, 3.63) is 39.9 Å². The molecule has 0 bridgehead atoms. The topological polar surface area (TPSA) is 37.3 Å². The fourth-order valence-electron chi connectivity index (χ4n) is 2.62. The lowest BCUT2D eigenvalue weighted by Crippen LogP contribution is -2.07. The monoisotopic (exact) mass is 292 g/mol. The number of benzene rings is 1. The summed E-state index contributed by atoms with van der Waals surface area (Å²) in [5.74, 6) is -1.34. The van der Waals surface area contributed by atoms with Crippen LogP contribution in [0, 0.1) is 0 Å². The summed E-state index contributed by atoms with van der Waals surface area (Å²) in [6.45, 7) is 1.68. The van der Waals surface area contributed by atoms with Crippen molar-refractivity contribution in [1.29, 1.82) is 0 Å². The van der Waals surface area contributed by atoms with E-state index in [4.69, 9.17) is 16.7 Å². The maximum absolute atomic E-state index is 11.0. The van der Waals surface area contributed by atoms with E-state index in [1.165, 1.54) is 31.3 Å². The number of aliphatic carboxylic acids is 1. The van der Waals surface area contributed by atoms with Crippen LogP contribution in [0.4, 0.5) is 0 Å². The molecule has 1 aromatic carbocycles. The molecular weight excluding hydrogens is 272 g/mol. The first-order chi connectivity index (χ1) is 9.58. The number of rotatable bonds is 3. The minimum absolute atomic E-state index is 0.521. The van der Waals surface area contributed by atoms with Crippen LogP contribution in [-0.2, 0) is 4.79 Å². The van der Waals surface area contributed by atoms with Gasteiger partial charge in [-0.2, -0.15) is 0 Å². The minimum atomic E-state index is -0.823. The van der Waals surface area contributed by atoms with E-state index in [0.717, 1.165) is 24.0 Å². The van der Waals surface area contributed by atoms with Gasteiger partial charge in [0.15, 0.2) is 0 Å². The average molecular weight is 293 g/mol. The third-order valence-corrected chi connectivity index (χ3v) is 4.33. The van der Waals surface area contributed by atoms with Crippen molar-refractivity contribution in [2.75, 3.05) is 0 Å². The lowest BCUT2D eigenvalue weighted by molar-refractivity contribution is -0.138. The lowest BCUT2D eigenvalue weighted by atomic mass is 9.98. The van der Waals surface area contributed by atoms with Crippen LogP contribution in [0.25, 0.3) is 6.08 Å². The highest BCUT2D eigenvalue weighted by Gasteiger charge is 2.14. The zero-order valence-corrected chi connectivity index (χ0v) is 12.6. The van der Waals surface area contributed by atoms with Crippen LogP contribution < -0.4 is 0 Å². The highest BCUT2D eigenvalue weighted by atomic mass is 35.5. The Bertz CT molecular complexity index is 510. The summed E-state index contributed by atoms with van der Waals surface area (Å²) in [5.41, 5.74) is 3.22. The molecule has 0 aromatic heterocycles. The summed E-state index contributed by atoms with van der Waals surface area (Å²) >= 11 is 6.30. The molecule has 108 valence electrons. The molecule has 1 aliphatic rings. The normalized spacial score (nSPS) is 17.4. The van der Waals surface area contributed by atoms with E-state index >= 15 is 0 Å². The molecule has 1 saturated carbocycles. The zero-order valence-electron chi connectivity index (χ0n) is 11.9. The summed E-state index contributed by atoms with van der Waals surface area (Å²) in [5, 5.41) is 9.68. The molecule has 0 spiro atoms. The molecule has 3 heteroatoms. The SMILES string of the molecule is CC(C(=O)O)c1ccc(C=C2CCCCCC2)c(Cl)c1. The van der Waals surface area contributed by atoms with Crippen molar-refractivity contribution >= 4 is 23.6 Å². The Balaban J connectivity index is 2.21. The van der Waals surface area contributed by atoms with E-state index in [9.17, 15) is 4.79 Å². The first kappa shape index (κ1) is 15.1. The Labute approximate surface area is 125 Å². The van der Waals surface area contributed by atoms with Gasteiger partial charge in [-0.3, -0.25) is 4.79 Å². The number of hydrogen-bond donors (Lipinski definition) is 1. The smallest absolute Gasteiger partial charge is 0.310 e. The maximum atomic E-state index is 11.0. The molecule has 1 atom stereocenters. The molecule has 2 nitrogen and oxygen atoms in total. The van der Waals surface area contributed by atoms with Gasteiger partial charge in [-0.05, 0) is 49.8 Å². The molecule has 0 amide bonds. The van der Waals surface area contributed by atoms with Crippen LogP contribution in [0.3, 0.4) is 0 Å². The predicted octanol–water partition coefficient (Wildman–Crippen LogP) is 5.27. The van der Waals surface area contributed by atoms with Crippen LogP contribution in [0.2, 0.25) is 5.02 Å². The van der Waals surface area contributed by atoms with Crippen LogP contribution in [-0.4, -0.2) is 11.1 Å². The zero-order chi connectivity index (χ0) is 14.5. The largest absolute Gasteiger partial charge is 0.481 e. The number of hydrogen-bond acceptors (Lipinski definition) is 1. The van der Waals surface area contributed by atoms with Gasteiger partial charge in [-0.25, -0.2) is 0 Å². The van der Waals surface area contributed by atoms with Gasteiger partial charge in [-0.1, -0.05) is 48.2 Å². The summed E-state index contributed by atoms with van der Waals surface area (Å²) in [6.07, 6.45) is 9.66. The third-order valence-electron chi connectivity index (χ3n) is 4.00. The summed E-state index contributed by atoms with van der Waals surface area (Å²) in [7, 11) is 0. The molecular formula is C17H21ClO2. The van der Waals surface area contributed by atoms with Gasteiger partial charge in [0.1, 0.15) is 0 Å². The van der Waals surface area contributed by atoms with E-state index in [-0.39, 0.29) is 0 Å². The van der Waals surface area contributed by atoms with Gasteiger partial charge in [0, 0.05) is 5.02 Å². The van der Waals surface area contributed by atoms with E-state index in [0.29, 0.717) is 5.02 Å². The number of carboxylic acids is 1. The van der Waals surface area contributed by atoms with Gasteiger partial charge in [0.25, 0.3) is 0 Å². The maximum Gasteiger partial charge on any atom is 0.310 e. The Kier molecular flexibility index (Phi) is 5.24. The molecule has 0 aliphatic heterocycles. The number of carbonyl (C=O) groups is 1. The highest BCUT2D eigenvalue weighted by molar-refractivity contribution is 6.32. The number of allylic oxidation sites excluding steroid dienone is 1. The van der Waals surface area contributed by atoms with Gasteiger partial charge >= 0.3 is 5.97 Å². The number of halogens is 1. The Hall–Kier alpha value is -1.28. The third kappa shape index (κ3) is 3.86. The minimum Gasteiger partial charge on any atom is -0.481 e. The van der Waals surface area contributed by atoms with Crippen LogP contribution in [0.5, 0.6) is 0 Å². The molecule has 1 N–H and O–H groups in total. The van der Waals surface area contributed by atoms with Gasteiger partial charge in [0.2, 0.25) is 0 Å². The van der Waals surface area contributed by atoms with Crippen molar-refractivity contribution in [3.63, 3.8) is 0 Å². The summed E-state index contributed by atoms with van der Waals surface area (Å²) < 4.78 is 0.